The molecule has 0 N–H and O–H groups in total. The van der Waals surface area contributed by atoms with Crippen LogP contribution in [0, 0.1) is 20.8 Å². The lowest BCUT2D eigenvalue weighted by Gasteiger charge is -2.40. The summed E-state index contributed by atoms with van der Waals surface area (Å²) >= 11 is 0. The molecule has 4 aromatic carbocycles. The lowest BCUT2D eigenvalue weighted by atomic mass is 9.96. The lowest BCUT2D eigenvalue weighted by Crippen LogP contribution is -2.49. The average Bonchev–Trinajstić information content (AvgIpc) is 2.99. The number of fused-ring (bicyclic) bond motifs is 1. The molecule has 1 fully saturated rings. The van der Waals surface area contributed by atoms with E-state index in [0.29, 0.717) is 13.1 Å². The van der Waals surface area contributed by atoms with Crippen LogP contribution in [0.25, 0.3) is 22.2 Å². The van der Waals surface area contributed by atoms with Gasteiger partial charge in [-0.3, -0.25) is 9.69 Å². The van der Waals surface area contributed by atoms with Gasteiger partial charge >= 0.3 is 0 Å². The Bertz CT molecular complexity index is 1620. The molecule has 0 unspecified atom stereocenters. The highest BCUT2D eigenvalue weighted by molar-refractivity contribution is 6.07. The molecule has 1 saturated heterocycles. The Morgan fingerprint density at radius 2 is 1.35 bits per heavy atom. The third kappa shape index (κ3) is 5.15. The second-order valence-corrected chi connectivity index (χ2v) is 10.9. The molecule has 4 nitrogen and oxygen atoms in total. The van der Waals surface area contributed by atoms with E-state index in [4.69, 9.17) is 4.98 Å². The van der Waals surface area contributed by atoms with E-state index >= 15 is 0 Å². The van der Waals surface area contributed by atoms with Gasteiger partial charge in [-0.1, -0.05) is 84.4 Å². The van der Waals surface area contributed by atoms with Crippen LogP contribution in [0.3, 0.4) is 0 Å². The number of hydrogen-bond acceptors (Lipinski definition) is 3. The van der Waals surface area contributed by atoms with Crippen molar-refractivity contribution in [3.8, 4) is 11.3 Å². The van der Waals surface area contributed by atoms with E-state index in [1.54, 1.807) is 0 Å². The van der Waals surface area contributed by atoms with Crippen LogP contribution in [-0.2, 0) is 0 Å². The molecule has 4 heteroatoms. The molecule has 0 spiro atoms. The first-order valence-corrected chi connectivity index (χ1v) is 14.1. The van der Waals surface area contributed by atoms with Gasteiger partial charge in [0.05, 0.1) is 22.8 Å². The quantitative estimate of drug-likeness (QED) is 0.240. The molecular formula is C36H35N3O. The minimum Gasteiger partial charge on any atom is -0.336 e. The van der Waals surface area contributed by atoms with Crippen molar-refractivity contribution >= 4 is 16.8 Å². The van der Waals surface area contributed by atoms with Crippen molar-refractivity contribution < 1.29 is 4.79 Å². The summed E-state index contributed by atoms with van der Waals surface area (Å²) in [5, 5.41) is 0.923. The number of carbonyl (C=O) groups excluding carboxylic acids is 1. The van der Waals surface area contributed by atoms with Gasteiger partial charge in [0.1, 0.15) is 0 Å². The lowest BCUT2D eigenvalue weighted by molar-refractivity contribution is 0.0599. The Hall–Kier alpha value is -4.28. The SMILES string of the molecule is Cc1ccc2nc(-c3ccc(C)c(C)c3)cc(C(=O)N3CCN(C(c4ccccc4)c4ccccc4)CC3)c2c1. The largest absolute Gasteiger partial charge is 0.336 e. The van der Waals surface area contributed by atoms with Crippen LogP contribution in [0.15, 0.2) is 103 Å². The van der Waals surface area contributed by atoms with Crippen molar-refractivity contribution in [2.75, 3.05) is 26.2 Å². The summed E-state index contributed by atoms with van der Waals surface area (Å²) < 4.78 is 0. The van der Waals surface area contributed by atoms with E-state index in [0.717, 1.165) is 46.4 Å². The first-order chi connectivity index (χ1) is 19.5. The third-order valence-corrected chi connectivity index (χ3v) is 8.19. The summed E-state index contributed by atoms with van der Waals surface area (Å²) in [7, 11) is 0. The van der Waals surface area contributed by atoms with Gasteiger partial charge in [-0.2, -0.15) is 0 Å². The maximum atomic E-state index is 14.1. The highest BCUT2D eigenvalue weighted by Gasteiger charge is 2.29. The van der Waals surface area contributed by atoms with Crippen LogP contribution in [-0.4, -0.2) is 46.9 Å². The zero-order valence-corrected chi connectivity index (χ0v) is 23.5. The monoisotopic (exact) mass is 525 g/mol. The van der Waals surface area contributed by atoms with E-state index in [2.05, 4.69) is 117 Å². The van der Waals surface area contributed by atoms with Gasteiger partial charge in [0.25, 0.3) is 5.91 Å². The molecule has 1 aliphatic rings. The first-order valence-electron chi connectivity index (χ1n) is 14.1. The minimum absolute atomic E-state index is 0.0821. The fraction of sp³-hybridized carbons (Fsp3) is 0.222. The van der Waals surface area contributed by atoms with Gasteiger partial charge in [-0.25, -0.2) is 4.98 Å². The number of rotatable bonds is 5. The molecule has 0 aliphatic carbocycles. The van der Waals surface area contributed by atoms with E-state index in [9.17, 15) is 4.79 Å². The Labute approximate surface area is 236 Å². The summed E-state index contributed by atoms with van der Waals surface area (Å²) in [5.41, 5.74) is 9.63. The minimum atomic E-state index is 0.0821. The molecule has 6 rings (SSSR count). The molecule has 1 aromatic heterocycles. The predicted octanol–water partition coefficient (Wildman–Crippen LogP) is 7.37. The smallest absolute Gasteiger partial charge is 0.254 e. The maximum absolute atomic E-state index is 14.1. The summed E-state index contributed by atoms with van der Waals surface area (Å²) in [6.45, 7) is 9.29. The predicted molar refractivity (Wildman–Crippen MR) is 164 cm³/mol. The van der Waals surface area contributed by atoms with Gasteiger partial charge in [-0.15, -0.1) is 0 Å². The summed E-state index contributed by atoms with van der Waals surface area (Å²) in [5.74, 6) is 0.0821. The normalized spacial score (nSPS) is 14.2. The average molecular weight is 526 g/mol. The number of pyridine rings is 1. The van der Waals surface area contributed by atoms with Crippen LogP contribution in [0.1, 0.15) is 44.2 Å². The van der Waals surface area contributed by atoms with Crippen LogP contribution in [0.4, 0.5) is 0 Å². The highest BCUT2D eigenvalue weighted by atomic mass is 16.2. The molecule has 0 atom stereocenters. The van der Waals surface area contributed by atoms with Crippen molar-refractivity contribution in [1.29, 1.82) is 0 Å². The number of hydrogen-bond donors (Lipinski definition) is 0. The van der Waals surface area contributed by atoms with Crippen LogP contribution in [0.2, 0.25) is 0 Å². The molecule has 0 saturated carbocycles. The van der Waals surface area contributed by atoms with Crippen LogP contribution in [0.5, 0.6) is 0 Å². The third-order valence-electron chi connectivity index (χ3n) is 8.19. The maximum Gasteiger partial charge on any atom is 0.254 e. The van der Waals surface area contributed by atoms with Crippen molar-refractivity contribution in [3.63, 3.8) is 0 Å². The molecule has 1 aliphatic heterocycles. The summed E-state index contributed by atoms with van der Waals surface area (Å²) in [6, 6.07) is 36.1. The number of aryl methyl sites for hydroxylation is 3. The molecule has 1 amide bonds. The molecule has 5 aromatic rings. The van der Waals surface area contributed by atoms with Crippen LogP contribution >= 0.6 is 0 Å². The first kappa shape index (κ1) is 26.0. The standard InChI is InChI=1S/C36H35N3O/c1-25-14-17-33-31(22-25)32(24-34(37-33)30-16-15-26(2)27(3)23-30)36(40)39-20-18-38(19-21-39)35(28-10-6-4-7-11-28)29-12-8-5-9-13-29/h4-17,22-24,35H,18-21H2,1-3H3. The zero-order chi connectivity index (χ0) is 27.6. The molecular weight excluding hydrogens is 490 g/mol. The number of aromatic nitrogens is 1. The zero-order valence-electron chi connectivity index (χ0n) is 23.5. The molecule has 200 valence electrons. The van der Waals surface area contributed by atoms with Crippen molar-refractivity contribution in [1.82, 2.24) is 14.8 Å². The Morgan fingerprint density at radius 3 is 1.98 bits per heavy atom. The van der Waals surface area contributed by atoms with Gasteiger partial charge < -0.3 is 4.90 Å². The van der Waals surface area contributed by atoms with Crippen molar-refractivity contribution in [2.45, 2.75) is 26.8 Å². The van der Waals surface area contributed by atoms with Crippen molar-refractivity contribution in [3.05, 3.63) is 137 Å². The van der Waals surface area contributed by atoms with Gasteiger partial charge in [0.2, 0.25) is 0 Å². The van der Waals surface area contributed by atoms with Gasteiger partial charge in [-0.05, 0) is 67.3 Å². The molecule has 0 radical (unpaired) electrons. The number of benzene rings is 4. The number of nitrogens with zero attached hydrogens (tertiary/aromatic N) is 3. The second-order valence-electron chi connectivity index (χ2n) is 10.9. The molecule has 40 heavy (non-hydrogen) atoms. The number of carbonyl (C=O) groups is 1. The van der Waals surface area contributed by atoms with E-state index in [-0.39, 0.29) is 11.9 Å². The van der Waals surface area contributed by atoms with Gasteiger partial charge in [0, 0.05) is 37.1 Å². The highest BCUT2D eigenvalue weighted by Crippen LogP contribution is 2.31. The van der Waals surface area contributed by atoms with Crippen molar-refractivity contribution in [2.24, 2.45) is 0 Å². The summed E-state index contributed by atoms with van der Waals surface area (Å²) in [4.78, 5) is 23.6. The van der Waals surface area contributed by atoms with E-state index in [1.807, 2.05) is 17.0 Å². The Morgan fingerprint density at radius 1 is 0.700 bits per heavy atom. The molecule has 0 bridgehead atoms. The van der Waals surface area contributed by atoms with Crippen LogP contribution < -0.4 is 0 Å². The Balaban J connectivity index is 1.30. The number of amides is 1. The van der Waals surface area contributed by atoms with E-state index in [1.165, 1.54) is 22.3 Å². The summed E-state index contributed by atoms with van der Waals surface area (Å²) in [6.07, 6.45) is 0. The molecule has 2 heterocycles. The second kappa shape index (κ2) is 11.1. The van der Waals surface area contributed by atoms with E-state index < -0.39 is 0 Å². The van der Waals surface area contributed by atoms with Gasteiger partial charge in [0.15, 0.2) is 0 Å². The number of piperazine rings is 1. The fourth-order valence-corrected chi connectivity index (χ4v) is 5.80. The Kier molecular flexibility index (Phi) is 7.19. The fourth-order valence-electron chi connectivity index (χ4n) is 5.80. The topological polar surface area (TPSA) is 36.4 Å².